The smallest absolute Gasteiger partial charge is 0.234 e. The zero-order chi connectivity index (χ0) is 26.5. The second-order valence-corrected chi connectivity index (χ2v) is 11.1. The number of sulfone groups is 1. The maximum absolute atomic E-state index is 13.6. The molecular weight excluding hydrogens is 483 g/mol. The number of hydrogen-bond donors (Lipinski definition) is 2. The van der Waals surface area contributed by atoms with Gasteiger partial charge in [-0.2, -0.15) is 0 Å². The number of amides is 2. The molecule has 2 N–H and O–H groups in total. The van der Waals surface area contributed by atoms with Gasteiger partial charge in [0.2, 0.25) is 11.8 Å². The molecule has 0 saturated heterocycles. The summed E-state index contributed by atoms with van der Waals surface area (Å²) in [4.78, 5) is 25.6. The Morgan fingerprint density at radius 2 is 1.53 bits per heavy atom. The van der Waals surface area contributed by atoms with Gasteiger partial charge in [0.25, 0.3) is 0 Å². The van der Waals surface area contributed by atoms with Crippen LogP contribution in [0.25, 0.3) is 0 Å². The predicted octanol–water partition coefficient (Wildman–Crippen LogP) is 4.73. The Labute approximate surface area is 210 Å². The van der Waals surface area contributed by atoms with Crippen molar-refractivity contribution in [2.45, 2.75) is 37.5 Å². The number of halogens is 1. The molecule has 0 atom stereocenters. The maximum Gasteiger partial charge on any atom is 0.234 e. The van der Waals surface area contributed by atoms with Crippen LogP contribution in [0.5, 0.6) is 5.75 Å². The van der Waals surface area contributed by atoms with Crippen molar-refractivity contribution < 1.29 is 27.1 Å². The van der Waals surface area contributed by atoms with Gasteiger partial charge in [-0.15, -0.1) is 0 Å². The van der Waals surface area contributed by atoms with Crippen LogP contribution in [0.2, 0.25) is 0 Å². The Balaban J connectivity index is 1.63. The third kappa shape index (κ3) is 6.28. The Morgan fingerprint density at radius 3 is 2.11 bits per heavy atom. The molecule has 3 aromatic rings. The zero-order valence-corrected chi connectivity index (χ0v) is 21.4. The first-order valence-corrected chi connectivity index (χ1v) is 13.0. The predicted molar refractivity (Wildman–Crippen MR) is 138 cm³/mol. The van der Waals surface area contributed by atoms with Crippen LogP contribution in [0.15, 0.2) is 71.6 Å². The number of carbonyl (C=O) groups is 2. The lowest BCUT2D eigenvalue weighted by Crippen LogP contribution is -2.34. The molecule has 0 fully saturated rings. The molecule has 7 nitrogen and oxygen atoms in total. The number of benzene rings is 3. The number of rotatable bonds is 9. The van der Waals surface area contributed by atoms with Crippen molar-refractivity contribution >= 4 is 33.0 Å². The van der Waals surface area contributed by atoms with E-state index in [1.807, 2.05) is 0 Å². The summed E-state index contributed by atoms with van der Waals surface area (Å²) in [6.07, 6.45) is 0.0865. The normalized spacial score (nSPS) is 11.6. The molecule has 3 aromatic carbocycles. The molecular formula is C27H29FN2O5S. The summed E-state index contributed by atoms with van der Waals surface area (Å²) >= 11 is 0. The van der Waals surface area contributed by atoms with E-state index in [2.05, 4.69) is 10.6 Å². The number of methoxy groups -OCH3 is 1. The van der Waals surface area contributed by atoms with Crippen molar-refractivity contribution in [3.63, 3.8) is 0 Å². The van der Waals surface area contributed by atoms with Crippen molar-refractivity contribution in [2.24, 2.45) is 0 Å². The van der Waals surface area contributed by atoms with E-state index in [0.717, 1.165) is 5.56 Å². The van der Waals surface area contributed by atoms with Gasteiger partial charge in [0.15, 0.2) is 21.4 Å². The maximum atomic E-state index is 13.6. The second-order valence-electron chi connectivity index (χ2n) is 8.78. The fourth-order valence-corrected chi connectivity index (χ4v) is 4.38. The molecule has 2 amide bonds. The van der Waals surface area contributed by atoms with Crippen LogP contribution in [0.4, 0.5) is 15.8 Å². The van der Waals surface area contributed by atoms with E-state index in [-0.39, 0.29) is 34.6 Å². The molecule has 9 heteroatoms. The number of anilines is 2. The fraction of sp³-hybridized carbons (Fsp3) is 0.259. The highest BCUT2D eigenvalue weighted by atomic mass is 32.2. The van der Waals surface area contributed by atoms with Gasteiger partial charge in [-0.25, -0.2) is 12.8 Å². The Kier molecular flexibility index (Phi) is 8.14. The molecule has 0 radical (unpaired) electrons. The molecule has 0 heterocycles. The van der Waals surface area contributed by atoms with Crippen LogP contribution in [-0.4, -0.2) is 33.1 Å². The fourth-order valence-electron chi connectivity index (χ4n) is 3.50. The minimum absolute atomic E-state index is 0.0162. The van der Waals surface area contributed by atoms with E-state index < -0.39 is 21.1 Å². The highest BCUT2D eigenvalue weighted by Crippen LogP contribution is 2.28. The summed E-state index contributed by atoms with van der Waals surface area (Å²) in [5, 5.41) is 5.59. The molecule has 36 heavy (non-hydrogen) atoms. The molecule has 0 bridgehead atoms. The molecule has 0 saturated carbocycles. The third-order valence-electron chi connectivity index (χ3n) is 5.89. The van der Waals surface area contributed by atoms with E-state index in [4.69, 9.17) is 4.74 Å². The van der Waals surface area contributed by atoms with Crippen LogP contribution < -0.4 is 15.4 Å². The summed E-state index contributed by atoms with van der Waals surface area (Å²) < 4.78 is 42.4. The van der Waals surface area contributed by atoms with Gasteiger partial charge in [-0.05, 0) is 61.4 Å². The monoisotopic (exact) mass is 512 g/mol. The van der Waals surface area contributed by atoms with Gasteiger partial charge in [-0.3, -0.25) is 9.59 Å². The highest BCUT2D eigenvalue weighted by molar-refractivity contribution is 7.91. The van der Waals surface area contributed by atoms with Gasteiger partial charge in [0, 0.05) is 17.4 Å². The third-order valence-corrected chi connectivity index (χ3v) is 7.64. The number of ether oxygens (including phenoxy) is 1. The first kappa shape index (κ1) is 26.9. The Morgan fingerprint density at radius 1 is 0.917 bits per heavy atom. The molecule has 0 spiro atoms. The average Bonchev–Trinajstić information content (AvgIpc) is 2.85. The van der Waals surface area contributed by atoms with E-state index in [1.165, 1.54) is 37.4 Å². The lowest BCUT2D eigenvalue weighted by Gasteiger charge is -2.24. The van der Waals surface area contributed by atoms with Crippen molar-refractivity contribution in [1.29, 1.82) is 0 Å². The average molecular weight is 513 g/mol. The number of hydrogen-bond acceptors (Lipinski definition) is 5. The molecule has 0 aliphatic carbocycles. The Bertz CT molecular complexity index is 1350. The molecule has 190 valence electrons. The quantitative estimate of drug-likeness (QED) is 0.432. The zero-order valence-electron chi connectivity index (χ0n) is 20.6. The van der Waals surface area contributed by atoms with Crippen molar-refractivity contribution in [3.05, 3.63) is 83.7 Å². The minimum atomic E-state index is -3.29. The van der Waals surface area contributed by atoms with Crippen molar-refractivity contribution in [3.8, 4) is 5.75 Å². The largest absolute Gasteiger partial charge is 0.494 e. The van der Waals surface area contributed by atoms with Crippen LogP contribution in [0.1, 0.15) is 31.9 Å². The first-order valence-electron chi connectivity index (χ1n) is 11.3. The summed E-state index contributed by atoms with van der Waals surface area (Å²) in [6, 6.07) is 17.3. The van der Waals surface area contributed by atoms with Crippen LogP contribution in [0.3, 0.4) is 0 Å². The van der Waals surface area contributed by atoms with Crippen LogP contribution in [0, 0.1) is 5.82 Å². The lowest BCUT2D eigenvalue weighted by molar-refractivity contribution is -0.120. The summed E-state index contributed by atoms with van der Waals surface area (Å²) in [7, 11) is -1.94. The topological polar surface area (TPSA) is 102 Å². The lowest BCUT2D eigenvalue weighted by atomic mass is 9.83. The summed E-state index contributed by atoms with van der Waals surface area (Å²) in [6.45, 7) is 5.11. The van der Waals surface area contributed by atoms with E-state index in [9.17, 15) is 22.4 Å². The standard InChI is InChI=1S/C27H29FN2O5S/c1-5-36(33,34)22-13-6-18(7-14-22)16-25(31)29-20-10-8-19(9-11-20)27(2,3)26(32)30-21-12-15-23(28)24(17-21)35-4/h6-15,17H,5,16H2,1-4H3,(H,29,31)(H,30,32). The highest BCUT2D eigenvalue weighted by Gasteiger charge is 2.30. The molecule has 0 aliphatic heterocycles. The van der Waals surface area contributed by atoms with Crippen LogP contribution >= 0.6 is 0 Å². The van der Waals surface area contributed by atoms with Gasteiger partial charge >= 0.3 is 0 Å². The van der Waals surface area contributed by atoms with E-state index >= 15 is 0 Å². The van der Waals surface area contributed by atoms with Gasteiger partial charge in [-0.1, -0.05) is 31.2 Å². The van der Waals surface area contributed by atoms with E-state index in [1.54, 1.807) is 57.2 Å². The molecule has 0 aliphatic rings. The van der Waals surface area contributed by atoms with Gasteiger partial charge in [0.1, 0.15) is 0 Å². The van der Waals surface area contributed by atoms with Crippen molar-refractivity contribution in [1.82, 2.24) is 0 Å². The number of carbonyl (C=O) groups excluding carboxylic acids is 2. The van der Waals surface area contributed by atoms with E-state index in [0.29, 0.717) is 16.9 Å². The molecule has 3 rings (SSSR count). The SMILES string of the molecule is CCS(=O)(=O)c1ccc(CC(=O)Nc2ccc(C(C)(C)C(=O)Nc3ccc(F)c(OC)c3)cc2)cc1. The second kappa shape index (κ2) is 10.9. The first-order chi connectivity index (χ1) is 17.0. The summed E-state index contributed by atoms with van der Waals surface area (Å²) in [5.41, 5.74) is 1.48. The van der Waals surface area contributed by atoms with Gasteiger partial charge in [0.05, 0.1) is 29.6 Å². The minimum Gasteiger partial charge on any atom is -0.494 e. The van der Waals surface area contributed by atoms with Crippen LogP contribution in [-0.2, 0) is 31.3 Å². The van der Waals surface area contributed by atoms with Crippen molar-refractivity contribution in [2.75, 3.05) is 23.5 Å². The molecule has 0 unspecified atom stereocenters. The summed E-state index contributed by atoms with van der Waals surface area (Å²) in [5.74, 6) is -1.01. The Hall–Kier alpha value is -3.72. The van der Waals surface area contributed by atoms with Gasteiger partial charge < -0.3 is 15.4 Å². The number of nitrogens with one attached hydrogen (secondary N) is 2. The molecule has 0 aromatic heterocycles.